The molecule has 0 aliphatic rings. The minimum atomic E-state index is -4.20. The molecule has 4 nitrogen and oxygen atoms in total. The van der Waals surface area contributed by atoms with Crippen LogP contribution in [0, 0.1) is 11.6 Å². The predicted octanol–water partition coefficient (Wildman–Crippen LogP) is 5.28. The monoisotopic (exact) mass is 419 g/mol. The molecule has 0 radical (unpaired) electrons. The average molecular weight is 420 g/mol. The number of rotatable bonds is 4. The van der Waals surface area contributed by atoms with Crippen LogP contribution < -0.4 is 0 Å². The van der Waals surface area contributed by atoms with Gasteiger partial charge in [0.05, 0.1) is 5.56 Å². The lowest BCUT2D eigenvalue weighted by molar-refractivity contribution is 0.113. The quantitative estimate of drug-likeness (QED) is 0.540. The zero-order valence-corrected chi connectivity index (χ0v) is 15.1. The van der Waals surface area contributed by atoms with E-state index in [1.165, 1.54) is 24.3 Å². The fourth-order valence-electron chi connectivity index (χ4n) is 2.59. The van der Waals surface area contributed by atoms with Crippen LogP contribution in [0.2, 0.25) is 5.02 Å². The third-order valence-electron chi connectivity index (χ3n) is 3.69. The average Bonchev–Trinajstić information content (AvgIpc) is 2.98. The van der Waals surface area contributed by atoms with Crippen LogP contribution in [0.25, 0.3) is 22.4 Å². The van der Waals surface area contributed by atoms with Crippen molar-refractivity contribution < 1.29 is 30.5 Å². The first-order chi connectivity index (χ1) is 12.6. The molecule has 0 amide bonds. The van der Waals surface area contributed by atoms with Crippen molar-refractivity contribution >= 4 is 21.4 Å². The molecule has 0 N–H and O–H groups in total. The molecule has 0 fully saturated rings. The first-order valence-corrected chi connectivity index (χ1v) is 9.59. The maximum absolute atomic E-state index is 14.2. The van der Waals surface area contributed by atoms with Crippen LogP contribution in [-0.2, 0) is 9.84 Å². The van der Waals surface area contributed by atoms with Crippen molar-refractivity contribution in [2.75, 3.05) is 6.26 Å². The van der Waals surface area contributed by atoms with Gasteiger partial charge in [-0.1, -0.05) is 28.9 Å². The van der Waals surface area contributed by atoms with Gasteiger partial charge in [-0.05, 0) is 29.8 Å². The molecular formula is C17H10ClF4NO3S. The molecule has 0 unspecified atom stereocenters. The highest BCUT2D eigenvalue weighted by atomic mass is 35.5. The Balaban J connectivity index is 2.28. The summed E-state index contributed by atoms with van der Waals surface area (Å²) in [6.45, 7) is 0. The van der Waals surface area contributed by atoms with E-state index in [2.05, 4.69) is 9.68 Å². The summed E-state index contributed by atoms with van der Waals surface area (Å²) in [4.78, 5) is -1.14. The van der Waals surface area contributed by atoms with Gasteiger partial charge in [0.2, 0.25) is 5.76 Å². The van der Waals surface area contributed by atoms with Crippen LogP contribution in [-0.4, -0.2) is 19.8 Å². The largest absolute Gasteiger partial charge is 0.354 e. The SMILES string of the molecule is CS(=O)(=O)c1c(F)cc(-c2c(-c3ccc(Cl)cc3)noc2C(F)F)cc1F. The zero-order valence-electron chi connectivity index (χ0n) is 13.5. The highest BCUT2D eigenvalue weighted by molar-refractivity contribution is 7.90. The lowest BCUT2D eigenvalue weighted by atomic mass is 9.99. The van der Waals surface area contributed by atoms with E-state index in [1.807, 2.05) is 0 Å². The Kier molecular flexibility index (Phi) is 5.00. The number of aromatic nitrogens is 1. The number of hydrogen-bond donors (Lipinski definition) is 0. The Bertz CT molecular complexity index is 1090. The van der Waals surface area contributed by atoms with E-state index >= 15 is 0 Å². The number of sulfone groups is 1. The van der Waals surface area contributed by atoms with E-state index in [0.717, 1.165) is 0 Å². The second kappa shape index (κ2) is 6.97. The van der Waals surface area contributed by atoms with Gasteiger partial charge >= 0.3 is 0 Å². The van der Waals surface area contributed by atoms with Crippen molar-refractivity contribution in [3.8, 4) is 22.4 Å². The van der Waals surface area contributed by atoms with Gasteiger partial charge in [-0.3, -0.25) is 0 Å². The van der Waals surface area contributed by atoms with Gasteiger partial charge in [-0.25, -0.2) is 26.0 Å². The van der Waals surface area contributed by atoms with Crippen LogP contribution in [0.5, 0.6) is 0 Å². The highest BCUT2D eigenvalue weighted by Gasteiger charge is 2.28. The molecule has 0 aliphatic carbocycles. The Morgan fingerprint density at radius 1 is 1.04 bits per heavy atom. The topological polar surface area (TPSA) is 60.2 Å². The number of alkyl halides is 2. The Hall–Kier alpha value is -2.39. The molecule has 0 aliphatic heterocycles. The molecule has 2 aromatic carbocycles. The van der Waals surface area contributed by atoms with Crippen molar-refractivity contribution in [3.63, 3.8) is 0 Å². The van der Waals surface area contributed by atoms with E-state index in [4.69, 9.17) is 11.6 Å². The molecule has 0 saturated heterocycles. The maximum Gasteiger partial charge on any atom is 0.298 e. The molecule has 3 rings (SSSR count). The summed E-state index contributed by atoms with van der Waals surface area (Å²) in [5.74, 6) is -3.71. The standard InChI is InChI=1S/C17H10ClF4NO3S/c1-27(24,25)16-11(19)6-9(7-12(16)20)13-14(23-26-15(13)17(21)22)8-2-4-10(18)5-3-8/h2-7,17H,1H3. The second-order valence-electron chi connectivity index (χ2n) is 5.62. The van der Waals surface area contributed by atoms with Crippen LogP contribution in [0.3, 0.4) is 0 Å². The normalized spacial score (nSPS) is 12.0. The summed E-state index contributed by atoms with van der Waals surface area (Å²) >= 11 is 5.79. The fraction of sp³-hybridized carbons (Fsp3) is 0.118. The van der Waals surface area contributed by atoms with E-state index in [1.54, 1.807) is 0 Å². The summed E-state index contributed by atoms with van der Waals surface area (Å²) in [7, 11) is -4.20. The summed E-state index contributed by atoms with van der Waals surface area (Å²) in [5.41, 5.74) is -0.449. The van der Waals surface area contributed by atoms with Gasteiger partial charge in [0, 0.05) is 16.8 Å². The van der Waals surface area contributed by atoms with E-state index < -0.39 is 38.6 Å². The van der Waals surface area contributed by atoms with E-state index in [-0.39, 0.29) is 16.8 Å². The molecular weight excluding hydrogens is 410 g/mol. The zero-order chi connectivity index (χ0) is 19.9. The highest BCUT2D eigenvalue weighted by Crippen LogP contribution is 2.40. The first-order valence-electron chi connectivity index (χ1n) is 7.32. The number of halogens is 5. The molecule has 10 heteroatoms. The van der Waals surface area contributed by atoms with Crippen molar-refractivity contribution in [2.45, 2.75) is 11.3 Å². The van der Waals surface area contributed by atoms with E-state index in [0.29, 0.717) is 29.0 Å². The summed E-state index contributed by atoms with van der Waals surface area (Å²) in [6, 6.07) is 7.19. The van der Waals surface area contributed by atoms with Gasteiger partial charge in [0.1, 0.15) is 22.2 Å². The summed E-state index contributed by atoms with van der Waals surface area (Å²) < 4.78 is 82.9. The van der Waals surface area contributed by atoms with E-state index in [9.17, 15) is 26.0 Å². The van der Waals surface area contributed by atoms with Crippen LogP contribution >= 0.6 is 11.6 Å². The minimum Gasteiger partial charge on any atom is -0.354 e. The number of benzene rings is 2. The molecule has 0 spiro atoms. The Labute approximate surface area is 156 Å². The Morgan fingerprint density at radius 3 is 2.07 bits per heavy atom. The van der Waals surface area contributed by atoms with Crippen LogP contribution in [0.15, 0.2) is 45.8 Å². The molecule has 0 atom stereocenters. The number of nitrogens with zero attached hydrogens (tertiary/aromatic N) is 1. The van der Waals surface area contributed by atoms with Crippen molar-refractivity contribution in [1.82, 2.24) is 5.16 Å². The van der Waals surface area contributed by atoms with Gasteiger partial charge < -0.3 is 4.52 Å². The van der Waals surface area contributed by atoms with Gasteiger partial charge in [0.15, 0.2) is 9.84 Å². The van der Waals surface area contributed by atoms with Gasteiger partial charge in [0.25, 0.3) is 6.43 Å². The molecule has 1 aromatic heterocycles. The maximum atomic E-state index is 14.2. The van der Waals surface area contributed by atoms with Crippen LogP contribution in [0.4, 0.5) is 17.6 Å². The lowest BCUT2D eigenvalue weighted by Crippen LogP contribution is -2.05. The molecule has 1 heterocycles. The van der Waals surface area contributed by atoms with Crippen molar-refractivity contribution in [1.29, 1.82) is 0 Å². The fourth-order valence-corrected chi connectivity index (χ4v) is 3.55. The molecule has 3 aromatic rings. The third-order valence-corrected chi connectivity index (χ3v) is 5.08. The smallest absolute Gasteiger partial charge is 0.298 e. The minimum absolute atomic E-state index is 0.0899. The Morgan fingerprint density at radius 2 is 1.59 bits per heavy atom. The number of hydrogen-bond acceptors (Lipinski definition) is 4. The van der Waals surface area contributed by atoms with Crippen LogP contribution in [0.1, 0.15) is 12.2 Å². The summed E-state index contributed by atoms with van der Waals surface area (Å²) in [5, 5.41) is 3.96. The van der Waals surface area contributed by atoms with Gasteiger partial charge in [-0.15, -0.1) is 0 Å². The van der Waals surface area contributed by atoms with Crippen molar-refractivity contribution in [3.05, 3.63) is 58.8 Å². The molecule has 142 valence electrons. The summed E-state index contributed by atoms with van der Waals surface area (Å²) in [6.07, 6.45) is -2.48. The predicted molar refractivity (Wildman–Crippen MR) is 90.4 cm³/mol. The third kappa shape index (κ3) is 3.70. The second-order valence-corrected chi connectivity index (χ2v) is 8.01. The molecule has 27 heavy (non-hydrogen) atoms. The van der Waals surface area contributed by atoms with Gasteiger partial charge in [-0.2, -0.15) is 0 Å². The van der Waals surface area contributed by atoms with Crippen molar-refractivity contribution in [2.24, 2.45) is 0 Å². The molecule has 0 saturated carbocycles. The lowest BCUT2D eigenvalue weighted by Gasteiger charge is -2.08. The molecule has 0 bridgehead atoms. The first kappa shape index (κ1) is 19.4.